The van der Waals surface area contributed by atoms with Gasteiger partial charge >= 0.3 is 0 Å². The highest BCUT2D eigenvalue weighted by Crippen LogP contribution is 2.09. The minimum atomic E-state index is -2.93. The number of hydrogen-bond acceptors (Lipinski definition) is 4. The molecule has 1 aliphatic heterocycles. The first-order valence-electron chi connectivity index (χ1n) is 6.73. The fraction of sp³-hybridized carbons (Fsp3) is 0.917. The number of unbranched alkanes of at least 4 members (excludes halogenated alkanes) is 3. The zero-order valence-corrected chi connectivity index (χ0v) is 11.8. The summed E-state index contributed by atoms with van der Waals surface area (Å²) in [5.74, 6) is 0.430. The summed E-state index contributed by atoms with van der Waals surface area (Å²) in [6.07, 6.45) is 5.08. The molecular formula is C12H24N2O3S. The maximum absolute atomic E-state index is 11.9. The molecule has 1 heterocycles. The van der Waals surface area contributed by atoms with Crippen molar-refractivity contribution in [1.82, 2.24) is 4.90 Å². The van der Waals surface area contributed by atoms with Gasteiger partial charge in [0.2, 0.25) is 5.91 Å². The molecule has 0 aliphatic carbocycles. The topological polar surface area (TPSA) is 80.5 Å². The highest BCUT2D eigenvalue weighted by atomic mass is 32.2. The van der Waals surface area contributed by atoms with Gasteiger partial charge in [0.1, 0.15) is 0 Å². The van der Waals surface area contributed by atoms with Gasteiger partial charge in [-0.1, -0.05) is 12.8 Å². The Bertz CT molecular complexity index is 354. The molecule has 1 aliphatic rings. The van der Waals surface area contributed by atoms with Gasteiger partial charge in [-0.05, 0) is 25.8 Å². The van der Waals surface area contributed by atoms with Crippen LogP contribution in [0.1, 0.15) is 38.5 Å². The van der Waals surface area contributed by atoms with Crippen LogP contribution in [0.2, 0.25) is 0 Å². The zero-order valence-electron chi connectivity index (χ0n) is 10.9. The summed E-state index contributed by atoms with van der Waals surface area (Å²) in [5.41, 5.74) is 5.40. The van der Waals surface area contributed by atoms with Gasteiger partial charge in [-0.15, -0.1) is 0 Å². The molecule has 106 valence electrons. The zero-order chi connectivity index (χ0) is 13.4. The lowest BCUT2D eigenvalue weighted by Gasteiger charge is -2.19. The summed E-state index contributed by atoms with van der Waals surface area (Å²) in [6, 6.07) is 0. The maximum atomic E-state index is 11.9. The van der Waals surface area contributed by atoms with E-state index >= 15 is 0 Å². The second-order valence-electron chi connectivity index (χ2n) is 4.84. The molecule has 1 rings (SSSR count). The van der Waals surface area contributed by atoms with Gasteiger partial charge in [0.05, 0.1) is 11.5 Å². The van der Waals surface area contributed by atoms with Crippen LogP contribution < -0.4 is 5.73 Å². The molecule has 5 nitrogen and oxygen atoms in total. The lowest BCUT2D eigenvalue weighted by molar-refractivity contribution is -0.131. The smallest absolute Gasteiger partial charge is 0.222 e. The van der Waals surface area contributed by atoms with E-state index in [9.17, 15) is 13.2 Å². The van der Waals surface area contributed by atoms with Crippen molar-refractivity contribution in [2.45, 2.75) is 38.5 Å². The summed E-state index contributed by atoms with van der Waals surface area (Å²) < 4.78 is 22.8. The van der Waals surface area contributed by atoms with Gasteiger partial charge in [0, 0.05) is 19.5 Å². The number of carbonyl (C=O) groups excluding carboxylic acids is 1. The standard InChI is InChI=1S/C12H24N2O3S/c13-7-4-2-1-3-6-12(15)14-8-5-10-18(16,17)11-9-14/h1-11,13H2. The Morgan fingerprint density at radius 3 is 2.50 bits per heavy atom. The number of nitrogens with zero attached hydrogens (tertiary/aromatic N) is 1. The van der Waals surface area contributed by atoms with Crippen molar-refractivity contribution in [3.63, 3.8) is 0 Å². The molecule has 0 aromatic rings. The Hall–Kier alpha value is -0.620. The normalized spacial score (nSPS) is 19.5. The monoisotopic (exact) mass is 276 g/mol. The number of nitrogens with two attached hydrogens (primary N) is 1. The summed E-state index contributed by atoms with van der Waals surface area (Å²) in [6.45, 7) is 1.66. The third-order valence-corrected chi connectivity index (χ3v) is 4.97. The predicted octanol–water partition coefficient (Wildman–Crippen LogP) is 0.543. The molecule has 0 aromatic heterocycles. The fourth-order valence-corrected chi connectivity index (χ4v) is 3.39. The first kappa shape index (κ1) is 15.4. The fourth-order valence-electron chi connectivity index (χ4n) is 2.12. The summed E-state index contributed by atoms with van der Waals surface area (Å²) in [7, 11) is -2.93. The van der Waals surface area contributed by atoms with E-state index in [0.29, 0.717) is 32.5 Å². The van der Waals surface area contributed by atoms with Gasteiger partial charge in [0.15, 0.2) is 9.84 Å². The van der Waals surface area contributed by atoms with Gasteiger partial charge in [-0.2, -0.15) is 0 Å². The van der Waals surface area contributed by atoms with E-state index in [4.69, 9.17) is 5.73 Å². The molecule has 0 spiro atoms. The van der Waals surface area contributed by atoms with E-state index < -0.39 is 9.84 Å². The first-order chi connectivity index (χ1) is 8.55. The van der Waals surface area contributed by atoms with Gasteiger partial charge in [-0.3, -0.25) is 4.79 Å². The Kier molecular flexibility index (Phi) is 6.63. The van der Waals surface area contributed by atoms with Crippen LogP contribution in [0.4, 0.5) is 0 Å². The molecule has 1 amide bonds. The summed E-state index contributed by atoms with van der Waals surface area (Å²) in [4.78, 5) is 13.6. The first-order valence-corrected chi connectivity index (χ1v) is 8.55. The Balaban J connectivity index is 2.25. The maximum Gasteiger partial charge on any atom is 0.222 e. The van der Waals surface area contributed by atoms with Crippen LogP contribution >= 0.6 is 0 Å². The quantitative estimate of drug-likeness (QED) is 0.718. The summed E-state index contributed by atoms with van der Waals surface area (Å²) >= 11 is 0. The van der Waals surface area contributed by atoms with E-state index in [1.54, 1.807) is 4.90 Å². The largest absolute Gasteiger partial charge is 0.342 e. The van der Waals surface area contributed by atoms with Crippen LogP contribution in [0.15, 0.2) is 0 Å². The van der Waals surface area contributed by atoms with E-state index in [2.05, 4.69) is 0 Å². The second kappa shape index (κ2) is 7.74. The molecule has 0 radical (unpaired) electrons. The molecule has 0 bridgehead atoms. The summed E-state index contributed by atoms with van der Waals surface area (Å²) in [5, 5.41) is 0. The molecule has 18 heavy (non-hydrogen) atoms. The molecule has 0 atom stereocenters. The minimum absolute atomic E-state index is 0.0971. The average molecular weight is 276 g/mol. The molecular weight excluding hydrogens is 252 g/mol. The Morgan fingerprint density at radius 2 is 1.78 bits per heavy atom. The number of hydrogen-bond donors (Lipinski definition) is 1. The third-order valence-electron chi connectivity index (χ3n) is 3.25. The van der Waals surface area contributed by atoms with Crippen LogP contribution in [0, 0.1) is 0 Å². The minimum Gasteiger partial charge on any atom is -0.342 e. The van der Waals surface area contributed by atoms with Crippen molar-refractivity contribution in [1.29, 1.82) is 0 Å². The van der Waals surface area contributed by atoms with Crippen molar-refractivity contribution < 1.29 is 13.2 Å². The van der Waals surface area contributed by atoms with Crippen molar-refractivity contribution >= 4 is 15.7 Å². The van der Waals surface area contributed by atoms with Crippen molar-refractivity contribution in [3.8, 4) is 0 Å². The molecule has 6 heteroatoms. The van der Waals surface area contributed by atoms with E-state index in [0.717, 1.165) is 25.7 Å². The lowest BCUT2D eigenvalue weighted by atomic mass is 10.1. The van der Waals surface area contributed by atoms with E-state index in [1.165, 1.54) is 0 Å². The van der Waals surface area contributed by atoms with E-state index in [-0.39, 0.29) is 17.4 Å². The second-order valence-corrected chi connectivity index (χ2v) is 7.14. The highest BCUT2D eigenvalue weighted by Gasteiger charge is 2.21. The van der Waals surface area contributed by atoms with Crippen LogP contribution in [-0.4, -0.2) is 50.4 Å². The molecule has 0 unspecified atom stereocenters. The number of amides is 1. The average Bonchev–Trinajstić information content (AvgIpc) is 2.50. The Labute approximate surface area is 110 Å². The van der Waals surface area contributed by atoms with Crippen LogP contribution in [0.25, 0.3) is 0 Å². The van der Waals surface area contributed by atoms with Crippen molar-refractivity contribution in [2.24, 2.45) is 5.73 Å². The van der Waals surface area contributed by atoms with Crippen molar-refractivity contribution in [3.05, 3.63) is 0 Å². The molecule has 1 fully saturated rings. The lowest BCUT2D eigenvalue weighted by Crippen LogP contribution is -2.33. The van der Waals surface area contributed by atoms with Crippen LogP contribution in [0.3, 0.4) is 0 Å². The predicted molar refractivity (Wildman–Crippen MR) is 72.0 cm³/mol. The van der Waals surface area contributed by atoms with Gasteiger partial charge < -0.3 is 10.6 Å². The molecule has 0 aromatic carbocycles. The number of carbonyl (C=O) groups is 1. The molecule has 1 saturated heterocycles. The third kappa shape index (κ3) is 5.82. The van der Waals surface area contributed by atoms with Gasteiger partial charge in [0.25, 0.3) is 0 Å². The number of rotatable bonds is 6. The SMILES string of the molecule is NCCCCCCC(=O)N1CCCS(=O)(=O)CC1. The Morgan fingerprint density at radius 1 is 1.06 bits per heavy atom. The van der Waals surface area contributed by atoms with E-state index in [1.807, 2.05) is 0 Å². The van der Waals surface area contributed by atoms with Crippen LogP contribution in [0.5, 0.6) is 0 Å². The molecule has 0 saturated carbocycles. The molecule has 2 N–H and O–H groups in total. The number of sulfone groups is 1. The van der Waals surface area contributed by atoms with Crippen LogP contribution in [-0.2, 0) is 14.6 Å². The van der Waals surface area contributed by atoms with Crippen molar-refractivity contribution in [2.75, 3.05) is 31.1 Å². The van der Waals surface area contributed by atoms with Gasteiger partial charge in [-0.25, -0.2) is 8.42 Å². The highest BCUT2D eigenvalue weighted by molar-refractivity contribution is 7.91.